The van der Waals surface area contributed by atoms with Gasteiger partial charge in [-0.05, 0) is 55.0 Å². The summed E-state index contributed by atoms with van der Waals surface area (Å²) in [5, 5.41) is 9.04. The van der Waals surface area contributed by atoms with E-state index in [0.717, 1.165) is 5.56 Å². The van der Waals surface area contributed by atoms with Crippen molar-refractivity contribution in [1.29, 1.82) is 0 Å². The lowest BCUT2D eigenvalue weighted by Gasteiger charge is -2.09. The lowest BCUT2D eigenvalue weighted by molar-refractivity contribution is -0.115. The van der Waals surface area contributed by atoms with Crippen LogP contribution in [0.1, 0.15) is 11.3 Å². The van der Waals surface area contributed by atoms with Gasteiger partial charge < -0.3 is 9.84 Å². The van der Waals surface area contributed by atoms with Crippen LogP contribution >= 0.6 is 12.2 Å². The molecule has 10 heteroatoms. The third-order valence-corrected chi connectivity index (χ3v) is 5.33. The number of rotatable bonds is 6. The summed E-state index contributed by atoms with van der Waals surface area (Å²) in [5.41, 5.74) is 1.40. The molecule has 30 heavy (non-hydrogen) atoms. The molecule has 0 aliphatic carbocycles. The summed E-state index contributed by atoms with van der Waals surface area (Å²) in [7, 11) is -3.81. The number of amides is 1. The van der Waals surface area contributed by atoms with Crippen LogP contribution in [0.4, 0.5) is 11.5 Å². The number of nitrogens with zero attached hydrogens (tertiary/aromatic N) is 1. The number of aromatic nitrogens is 1. The van der Waals surface area contributed by atoms with Crippen LogP contribution in [-0.2, 0) is 14.8 Å². The molecule has 1 amide bonds. The Balaban J connectivity index is 1.56. The first kappa shape index (κ1) is 21.2. The highest BCUT2D eigenvalue weighted by Crippen LogP contribution is 2.18. The number of nitrogens with one attached hydrogen (secondary N) is 3. The third-order valence-electron chi connectivity index (χ3n) is 3.75. The number of carbonyl (C=O) groups is 1. The van der Waals surface area contributed by atoms with Gasteiger partial charge >= 0.3 is 0 Å². The average molecular weight is 443 g/mol. The highest BCUT2D eigenvalue weighted by atomic mass is 32.2. The topological polar surface area (TPSA) is 113 Å². The number of anilines is 2. The molecule has 0 bridgehead atoms. The van der Waals surface area contributed by atoms with Gasteiger partial charge in [0.2, 0.25) is 5.91 Å². The van der Waals surface area contributed by atoms with E-state index in [1.165, 1.54) is 36.4 Å². The number of benzene rings is 2. The van der Waals surface area contributed by atoms with Gasteiger partial charge in [-0.1, -0.05) is 35.5 Å². The molecular formula is C20H18N4O4S2. The molecule has 1 heterocycles. The van der Waals surface area contributed by atoms with Crippen LogP contribution in [0.2, 0.25) is 0 Å². The molecule has 3 N–H and O–H groups in total. The number of aryl methyl sites for hydroxylation is 1. The van der Waals surface area contributed by atoms with Gasteiger partial charge in [0.15, 0.2) is 10.9 Å². The predicted octanol–water partition coefficient (Wildman–Crippen LogP) is 3.31. The molecule has 1 aromatic heterocycles. The molecule has 0 atom stereocenters. The van der Waals surface area contributed by atoms with Gasteiger partial charge in [0.25, 0.3) is 10.0 Å². The molecule has 0 saturated carbocycles. The monoisotopic (exact) mass is 442 g/mol. The molecule has 0 saturated heterocycles. The maximum Gasteiger partial charge on any atom is 0.263 e. The van der Waals surface area contributed by atoms with E-state index in [4.69, 9.17) is 16.7 Å². The van der Waals surface area contributed by atoms with Crippen molar-refractivity contribution < 1.29 is 17.7 Å². The van der Waals surface area contributed by atoms with Crippen molar-refractivity contribution in [3.8, 4) is 0 Å². The largest absolute Gasteiger partial charge is 0.360 e. The van der Waals surface area contributed by atoms with E-state index in [9.17, 15) is 13.2 Å². The summed E-state index contributed by atoms with van der Waals surface area (Å²) in [5.74, 6) is 0.200. The van der Waals surface area contributed by atoms with Crippen molar-refractivity contribution in [1.82, 2.24) is 10.5 Å². The van der Waals surface area contributed by atoms with Crippen LogP contribution in [0, 0.1) is 6.92 Å². The fourth-order valence-corrected chi connectivity index (χ4v) is 3.58. The Labute approximate surface area is 179 Å². The average Bonchev–Trinajstić information content (AvgIpc) is 3.11. The van der Waals surface area contributed by atoms with Crippen LogP contribution in [-0.4, -0.2) is 24.6 Å². The van der Waals surface area contributed by atoms with E-state index in [2.05, 4.69) is 20.5 Å². The van der Waals surface area contributed by atoms with E-state index in [1.807, 2.05) is 30.3 Å². The standard InChI is InChI=1S/C20H18N4O4S2/c1-14-13-18(23-28-14)24-30(26,27)17-10-8-16(9-11-17)21-20(29)22-19(25)12-7-15-5-3-2-4-6-15/h2-13H,1H3,(H,23,24)(H2,21,22,25,29). The Hall–Kier alpha value is -3.50. The minimum Gasteiger partial charge on any atom is -0.360 e. The zero-order chi connectivity index (χ0) is 21.6. The summed E-state index contributed by atoms with van der Waals surface area (Å²) in [6.07, 6.45) is 3.04. The van der Waals surface area contributed by atoms with Gasteiger partial charge in [-0.2, -0.15) is 0 Å². The van der Waals surface area contributed by atoms with E-state index in [1.54, 1.807) is 13.0 Å². The molecule has 0 radical (unpaired) electrons. The van der Waals surface area contributed by atoms with Crippen molar-refractivity contribution in [2.45, 2.75) is 11.8 Å². The normalized spacial score (nSPS) is 11.2. The minimum absolute atomic E-state index is 0.0365. The van der Waals surface area contributed by atoms with Crippen LogP contribution in [0.5, 0.6) is 0 Å². The number of sulfonamides is 1. The number of hydrogen-bond acceptors (Lipinski definition) is 6. The molecule has 2 aromatic carbocycles. The van der Waals surface area contributed by atoms with Crippen LogP contribution in [0.25, 0.3) is 6.08 Å². The quantitative estimate of drug-likeness (QED) is 0.396. The van der Waals surface area contributed by atoms with E-state index in [-0.39, 0.29) is 21.7 Å². The van der Waals surface area contributed by atoms with Crippen LogP contribution < -0.4 is 15.4 Å². The van der Waals surface area contributed by atoms with Crippen molar-refractivity contribution in [3.63, 3.8) is 0 Å². The Kier molecular flexibility index (Phi) is 6.60. The van der Waals surface area contributed by atoms with Gasteiger partial charge in [0.1, 0.15) is 5.76 Å². The van der Waals surface area contributed by atoms with E-state index < -0.39 is 10.0 Å². The first-order valence-corrected chi connectivity index (χ1v) is 10.6. The Morgan fingerprint density at radius 1 is 1.10 bits per heavy atom. The molecule has 154 valence electrons. The minimum atomic E-state index is -3.81. The maximum atomic E-state index is 12.4. The smallest absolute Gasteiger partial charge is 0.263 e. The van der Waals surface area contributed by atoms with Gasteiger partial charge in [-0.15, -0.1) is 0 Å². The summed E-state index contributed by atoms with van der Waals surface area (Å²) >= 11 is 5.11. The fraction of sp³-hybridized carbons (Fsp3) is 0.0500. The number of carbonyl (C=O) groups excluding carboxylic acids is 1. The first-order chi connectivity index (χ1) is 14.3. The van der Waals surface area contributed by atoms with Gasteiger partial charge in [-0.3, -0.25) is 14.8 Å². The first-order valence-electron chi connectivity index (χ1n) is 8.73. The van der Waals surface area contributed by atoms with Crippen molar-refractivity contribution >= 4 is 50.8 Å². The number of thiocarbonyl (C=S) groups is 1. The molecule has 0 aliphatic rings. The molecule has 0 spiro atoms. The maximum absolute atomic E-state index is 12.4. The number of hydrogen-bond donors (Lipinski definition) is 3. The van der Waals surface area contributed by atoms with Crippen LogP contribution in [0.3, 0.4) is 0 Å². The Morgan fingerprint density at radius 3 is 2.43 bits per heavy atom. The molecule has 3 aromatic rings. The Bertz CT molecular complexity index is 1170. The third kappa shape index (κ3) is 6.00. The predicted molar refractivity (Wildman–Crippen MR) is 118 cm³/mol. The fourth-order valence-electron chi connectivity index (χ4n) is 2.38. The Morgan fingerprint density at radius 2 is 1.80 bits per heavy atom. The lowest BCUT2D eigenvalue weighted by Crippen LogP contribution is -2.32. The molecule has 0 unspecified atom stereocenters. The van der Waals surface area contributed by atoms with E-state index >= 15 is 0 Å². The molecule has 0 fully saturated rings. The lowest BCUT2D eigenvalue weighted by atomic mass is 10.2. The second-order valence-electron chi connectivity index (χ2n) is 6.14. The highest BCUT2D eigenvalue weighted by molar-refractivity contribution is 7.92. The summed E-state index contributed by atoms with van der Waals surface area (Å²) in [6, 6.07) is 16.7. The summed E-state index contributed by atoms with van der Waals surface area (Å²) in [4.78, 5) is 12.0. The van der Waals surface area contributed by atoms with E-state index in [0.29, 0.717) is 11.4 Å². The van der Waals surface area contributed by atoms with Gasteiger partial charge in [-0.25, -0.2) is 8.42 Å². The van der Waals surface area contributed by atoms with Crippen molar-refractivity contribution in [3.05, 3.63) is 78.1 Å². The zero-order valence-corrected chi connectivity index (χ0v) is 17.5. The van der Waals surface area contributed by atoms with Gasteiger partial charge in [0.05, 0.1) is 4.90 Å². The van der Waals surface area contributed by atoms with Crippen molar-refractivity contribution in [2.75, 3.05) is 10.0 Å². The molecule has 0 aliphatic heterocycles. The van der Waals surface area contributed by atoms with Crippen LogP contribution in [0.15, 0.2) is 76.2 Å². The summed E-state index contributed by atoms with van der Waals surface area (Å²) < 4.78 is 31.9. The molecule has 3 rings (SSSR count). The van der Waals surface area contributed by atoms with Crippen molar-refractivity contribution in [2.24, 2.45) is 0 Å². The highest BCUT2D eigenvalue weighted by Gasteiger charge is 2.16. The second-order valence-corrected chi connectivity index (χ2v) is 8.23. The van der Waals surface area contributed by atoms with Gasteiger partial charge in [0, 0.05) is 17.8 Å². The molecular weight excluding hydrogens is 424 g/mol. The summed E-state index contributed by atoms with van der Waals surface area (Å²) in [6.45, 7) is 1.66. The molecule has 8 nitrogen and oxygen atoms in total. The second kappa shape index (κ2) is 9.33. The zero-order valence-electron chi connectivity index (χ0n) is 15.8. The SMILES string of the molecule is Cc1cc(NS(=O)(=O)c2ccc(NC(=S)NC(=O)C=Cc3ccccc3)cc2)no1.